The standard InChI is InChI=1S/C11H10ClNO3/c1-2-10(14)13(7-11(15)16)9-5-3-4-8(12)6-9/h2-6H,1,7H2,(H,15,16). The van der Waals surface area contributed by atoms with E-state index in [1.807, 2.05) is 0 Å². The fraction of sp³-hybridized carbons (Fsp3) is 0.0909. The molecule has 0 heterocycles. The highest BCUT2D eigenvalue weighted by Crippen LogP contribution is 2.19. The first kappa shape index (κ1) is 12.3. The quantitative estimate of drug-likeness (QED) is 0.817. The maximum atomic E-state index is 11.5. The molecule has 1 rings (SSSR count). The van der Waals surface area contributed by atoms with Crippen molar-refractivity contribution in [2.45, 2.75) is 0 Å². The van der Waals surface area contributed by atoms with E-state index in [-0.39, 0.29) is 0 Å². The number of benzene rings is 1. The van der Waals surface area contributed by atoms with Gasteiger partial charge in [-0.2, -0.15) is 0 Å². The Labute approximate surface area is 97.7 Å². The van der Waals surface area contributed by atoms with Crippen LogP contribution in [-0.4, -0.2) is 23.5 Å². The summed E-state index contributed by atoms with van der Waals surface area (Å²) in [7, 11) is 0. The Kier molecular flexibility index (Phi) is 4.08. The normalized spacial score (nSPS) is 9.56. The van der Waals surface area contributed by atoms with Gasteiger partial charge in [-0.05, 0) is 24.3 Å². The Hall–Kier alpha value is -1.81. The second-order valence-corrected chi connectivity index (χ2v) is 3.44. The molecule has 0 aromatic heterocycles. The number of carboxylic acid groups (broad SMARTS) is 1. The summed E-state index contributed by atoms with van der Waals surface area (Å²) < 4.78 is 0. The largest absolute Gasteiger partial charge is 0.480 e. The Bertz CT molecular complexity index is 431. The van der Waals surface area contributed by atoms with Crippen LogP contribution >= 0.6 is 11.6 Å². The van der Waals surface area contributed by atoms with Crippen LogP contribution in [0.4, 0.5) is 5.69 Å². The fourth-order valence-electron chi connectivity index (χ4n) is 1.19. The zero-order valence-electron chi connectivity index (χ0n) is 8.39. The second-order valence-electron chi connectivity index (χ2n) is 3.00. The van der Waals surface area contributed by atoms with Crippen molar-refractivity contribution >= 4 is 29.2 Å². The maximum absolute atomic E-state index is 11.5. The van der Waals surface area contributed by atoms with Crippen molar-refractivity contribution in [3.05, 3.63) is 41.9 Å². The van der Waals surface area contributed by atoms with Crippen LogP contribution in [0.2, 0.25) is 5.02 Å². The van der Waals surface area contributed by atoms with Gasteiger partial charge in [0.25, 0.3) is 5.91 Å². The van der Waals surface area contributed by atoms with E-state index in [2.05, 4.69) is 6.58 Å². The number of rotatable bonds is 4. The molecule has 0 saturated carbocycles. The molecule has 84 valence electrons. The molecule has 16 heavy (non-hydrogen) atoms. The first-order valence-corrected chi connectivity index (χ1v) is 4.83. The Balaban J connectivity index is 3.05. The molecule has 1 amide bonds. The number of amides is 1. The number of carboxylic acids is 1. The summed E-state index contributed by atoms with van der Waals surface area (Å²) in [5.74, 6) is -1.58. The summed E-state index contributed by atoms with van der Waals surface area (Å²) in [4.78, 5) is 23.2. The lowest BCUT2D eigenvalue weighted by atomic mass is 10.2. The molecule has 5 heteroatoms. The van der Waals surface area contributed by atoms with Gasteiger partial charge in [-0.15, -0.1) is 0 Å². The third kappa shape index (κ3) is 3.10. The average Bonchev–Trinajstić information content (AvgIpc) is 2.24. The van der Waals surface area contributed by atoms with Crippen molar-refractivity contribution in [2.24, 2.45) is 0 Å². The van der Waals surface area contributed by atoms with E-state index in [9.17, 15) is 9.59 Å². The predicted octanol–water partition coefficient (Wildman–Crippen LogP) is 1.94. The topological polar surface area (TPSA) is 57.6 Å². The molecular weight excluding hydrogens is 230 g/mol. The molecule has 0 fully saturated rings. The minimum atomic E-state index is -1.10. The number of hydrogen-bond acceptors (Lipinski definition) is 2. The van der Waals surface area contributed by atoms with Crippen LogP contribution in [0.1, 0.15) is 0 Å². The zero-order valence-corrected chi connectivity index (χ0v) is 9.15. The Morgan fingerprint density at radius 1 is 1.50 bits per heavy atom. The lowest BCUT2D eigenvalue weighted by Gasteiger charge is -2.19. The van der Waals surface area contributed by atoms with Crippen molar-refractivity contribution in [1.29, 1.82) is 0 Å². The van der Waals surface area contributed by atoms with Crippen LogP contribution in [0.25, 0.3) is 0 Å². The number of nitrogens with zero attached hydrogens (tertiary/aromatic N) is 1. The Morgan fingerprint density at radius 2 is 2.19 bits per heavy atom. The molecular formula is C11H10ClNO3. The van der Waals surface area contributed by atoms with Gasteiger partial charge in [-0.1, -0.05) is 24.2 Å². The van der Waals surface area contributed by atoms with E-state index in [0.29, 0.717) is 10.7 Å². The van der Waals surface area contributed by atoms with Crippen molar-refractivity contribution in [2.75, 3.05) is 11.4 Å². The molecule has 0 aliphatic heterocycles. The number of anilines is 1. The molecule has 0 unspecified atom stereocenters. The molecule has 4 nitrogen and oxygen atoms in total. The number of halogens is 1. The predicted molar refractivity (Wildman–Crippen MR) is 61.6 cm³/mol. The summed E-state index contributed by atoms with van der Waals surface area (Å²) >= 11 is 5.76. The van der Waals surface area contributed by atoms with Crippen LogP contribution in [0.15, 0.2) is 36.9 Å². The van der Waals surface area contributed by atoms with Crippen LogP contribution in [-0.2, 0) is 9.59 Å². The van der Waals surface area contributed by atoms with Gasteiger partial charge in [0.15, 0.2) is 0 Å². The minimum absolute atomic E-state index is 0.425. The first-order chi connectivity index (χ1) is 7.54. The van der Waals surface area contributed by atoms with Gasteiger partial charge in [0, 0.05) is 10.7 Å². The van der Waals surface area contributed by atoms with Gasteiger partial charge >= 0.3 is 5.97 Å². The highest BCUT2D eigenvalue weighted by atomic mass is 35.5. The molecule has 0 radical (unpaired) electrons. The van der Waals surface area contributed by atoms with Gasteiger partial charge < -0.3 is 5.11 Å². The highest BCUT2D eigenvalue weighted by Gasteiger charge is 2.16. The van der Waals surface area contributed by atoms with E-state index in [4.69, 9.17) is 16.7 Å². The molecule has 0 atom stereocenters. The van der Waals surface area contributed by atoms with Gasteiger partial charge in [0.1, 0.15) is 6.54 Å². The highest BCUT2D eigenvalue weighted by molar-refractivity contribution is 6.31. The van der Waals surface area contributed by atoms with Gasteiger partial charge in [0.2, 0.25) is 0 Å². The third-order valence-corrected chi connectivity index (χ3v) is 2.09. The molecule has 0 saturated heterocycles. The minimum Gasteiger partial charge on any atom is -0.480 e. The molecule has 0 aliphatic rings. The lowest BCUT2D eigenvalue weighted by Crippen LogP contribution is -2.34. The summed E-state index contributed by atoms with van der Waals surface area (Å²) in [6, 6.07) is 6.41. The van der Waals surface area contributed by atoms with Gasteiger partial charge in [-0.3, -0.25) is 14.5 Å². The average molecular weight is 240 g/mol. The van der Waals surface area contributed by atoms with Gasteiger partial charge in [0.05, 0.1) is 0 Å². The lowest BCUT2D eigenvalue weighted by molar-refractivity contribution is -0.136. The summed E-state index contributed by atoms with van der Waals surface area (Å²) in [6.45, 7) is 2.89. The number of aliphatic carboxylic acids is 1. The van der Waals surface area contributed by atoms with Crippen molar-refractivity contribution < 1.29 is 14.7 Å². The van der Waals surface area contributed by atoms with Crippen LogP contribution in [0.5, 0.6) is 0 Å². The van der Waals surface area contributed by atoms with Gasteiger partial charge in [-0.25, -0.2) is 0 Å². The van der Waals surface area contributed by atoms with Crippen LogP contribution < -0.4 is 4.90 Å². The third-order valence-electron chi connectivity index (χ3n) is 1.85. The van der Waals surface area contributed by atoms with E-state index < -0.39 is 18.4 Å². The monoisotopic (exact) mass is 239 g/mol. The first-order valence-electron chi connectivity index (χ1n) is 4.46. The van der Waals surface area contributed by atoms with E-state index in [1.165, 1.54) is 6.07 Å². The zero-order chi connectivity index (χ0) is 12.1. The SMILES string of the molecule is C=CC(=O)N(CC(=O)O)c1cccc(Cl)c1. The number of carbonyl (C=O) groups excluding carboxylic acids is 1. The molecule has 0 aliphatic carbocycles. The summed E-state index contributed by atoms with van der Waals surface area (Å²) in [6.07, 6.45) is 1.06. The number of carbonyl (C=O) groups is 2. The fourth-order valence-corrected chi connectivity index (χ4v) is 1.37. The van der Waals surface area contributed by atoms with Crippen molar-refractivity contribution in [3.63, 3.8) is 0 Å². The van der Waals surface area contributed by atoms with E-state index in [1.54, 1.807) is 18.2 Å². The molecule has 1 aromatic carbocycles. The molecule has 0 bridgehead atoms. The summed E-state index contributed by atoms with van der Waals surface area (Å²) in [5, 5.41) is 9.13. The van der Waals surface area contributed by atoms with E-state index >= 15 is 0 Å². The summed E-state index contributed by atoms with van der Waals surface area (Å²) in [5.41, 5.74) is 0.430. The smallest absolute Gasteiger partial charge is 0.323 e. The number of hydrogen-bond donors (Lipinski definition) is 1. The molecule has 0 spiro atoms. The maximum Gasteiger partial charge on any atom is 0.323 e. The molecule has 1 aromatic rings. The van der Waals surface area contributed by atoms with Crippen LogP contribution in [0, 0.1) is 0 Å². The molecule has 1 N–H and O–H groups in total. The Morgan fingerprint density at radius 3 is 2.69 bits per heavy atom. The van der Waals surface area contributed by atoms with E-state index in [0.717, 1.165) is 11.0 Å². The van der Waals surface area contributed by atoms with Crippen LogP contribution in [0.3, 0.4) is 0 Å². The van der Waals surface area contributed by atoms with Crippen molar-refractivity contribution in [1.82, 2.24) is 0 Å². The van der Waals surface area contributed by atoms with Crippen molar-refractivity contribution in [3.8, 4) is 0 Å². The second kappa shape index (κ2) is 5.32.